The van der Waals surface area contributed by atoms with E-state index in [9.17, 15) is 13.2 Å². The van der Waals surface area contributed by atoms with Crippen LogP contribution in [0, 0.1) is 0 Å². The van der Waals surface area contributed by atoms with E-state index in [1.807, 2.05) is 13.8 Å². The van der Waals surface area contributed by atoms with Crippen molar-refractivity contribution in [3.63, 3.8) is 0 Å². The third-order valence-electron chi connectivity index (χ3n) is 5.35. The van der Waals surface area contributed by atoms with E-state index in [0.29, 0.717) is 55.4 Å². The molecule has 1 aliphatic rings. The Labute approximate surface area is 187 Å². The quantitative estimate of drug-likeness (QED) is 0.582. The number of hydrogen-bond donors (Lipinski definition) is 1. The van der Waals surface area contributed by atoms with Crippen molar-refractivity contribution in [3.05, 3.63) is 53.9 Å². The number of fused-ring (bicyclic) bond motifs is 1. The van der Waals surface area contributed by atoms with Gasteiger partial charge in [0.05, 0.1) is 18.1 Å². The zero-order chi connectivity index (χ0) is 22.7. The van der Waals surface area contributed by atoms with E-state index in [0.717, 1.165) is 5.56 Å². The summed E-state index contributed by atoms with van der Waals surface area (Å²) in [7, 11) is -3.51. The zero-order valence-electron chi connectivity index (χ0n) is 18.2. The molecule has 1 aromatic heterocycles. The van der Waals surface area contributed by atoms with E-state index in [-0.39, 0.29) is 23.1 Å². The number of ether oxygens (including phenoxy) is 1. The van der Waals surface area contributed by atoms with Gasteiger partial charge < -0.3 is 14.5 Å². The number of aryl methyl sites for hydroxylation is 1. The molecule has 1 fully saturated rings. The topological polar surface area (TPSA) is 102 Å². The average Bonchev–Trinajstić information content (AvgIpc) is 3.22. The highest BCUT2D eigenvalue weighted by atomic mass is 32.2. The third-order valence-corrected chi connectivity index (χ3v) is 7.27. The first kappa shape index (κ1) is 22.4. The van der Waals surface area contributed by atoms with Crippen molar-refractivity contribution >= 4 is 32.7 Å². The highest BCUT2D eigenvalue weighted by Gasteiger charge is 2.26. The standard InChI is InChI=1S/C23H27N3O5S/c1-16(2)23-25-20-15-18(6-9-21(20)31-23)24-22(27)10-5-17-3-7-19(8-4-17)32(28,29)26-11-13-30-14-12-26/h3-4,6-9,15-16H,5,10-14H2,1-2H3,(H,24,27). The maximum Gasteiger partial charge on any atom is 0.243 e. The van der Waals surface area contributed by atoms with Gasteiger partial charge in [-0.3, -0.25) is 4.79 Å². The number of aromatic nitrogens is 1. The second kappa shape index (κ2) is 9.40. The molecule has 32 heavy (non-hydrogen) atoms. The Morgan fingerprint density at radius 2 is 1.84 bits per heavy atom. The largest absolute Gasteiger partial charge is 0.440 e. The van der Waals surface area contributed by atoms with Gasteiger partial charge in [0.25, 0.3) is 0 Å². The minimum Gasteiger partial charge on any atom is -0.440 e. The van der Waals surface area contributed by atoms with Crippen LogP contribution in [0.4, 0.5) is 5.69 Å². The van der Waals surface area contributed by atoms with Gasteiger partial charge in [0.2, 0.25) is 15.9 Å². The van der Waals surface area contributed by atoms with Gasteiger partial charge >= 0.3 is 0 Å². The van der Waals surface area contributed by atoms with Gasteiger partial charge in [-0.15, -0.1) is 0 Å². The summed E-state index contributed by atoms with van der Waals surface area (Å²) in [5, 5.41) is 2.89. The summed E-state index contributed by atoms with van der Waals surface area (Å²) in [6.07, 6.45) is 0.789. The second-order valence-corrected chi connectivity index (χ2v) is 10.0. The van der Waals surface area contributed by atoms with Crippen molar-refractivity contribution in [2.75, 3.05) is 31.6 Å². The molecule has 3 aromatic rings. The molecule has 8 nitrogen and oxygen atoms in total. The molecular weight excluding hydrogens is 430 g/mol. The number of sulfonamides is 1. The number of carbonyl (C=O) groups is 1. The normalized spacial score (nSPS) is 15.3. The molecule has 1 amide bonds. The van der Waals surface area contributed by atoms with Gasteiger partial charge in [-0.05, 0) is 42.3 Å². The smallest absolute Gasteiger partial charge is 0.243 e. The van der Waals surface area contributed by atoms with Gasteiger partial charge in [0.1, 0.15) is 5.52 Å². The van der Waals surface area contributed by atoms with Crippen molar-refractivity contribution in [2.24, 2.45) is 0 Å². The number of benzene rings is 2. The summed E-state index contributed by atoms with van der Waals surface area (Å²) < 4.78 is 37.7. The van der Waals surface area contributed by atoms with Gasteiger partial charge in [-0.25, -0.2) is 13.4 Å². The fourth-order valence-electron chi connectivity index (χ4n) is 3.52. The lowest BCUT2D eigenvalue weighted by molar-refractivity contribution is -0.116. The molecule has 0 bridgehead atoms. The number of nitrogens with zero attached hydrogens (tertiary/aromatic N) is 2. The number of rotatable bonds is 7. The van der Waals surface area contributed by atoms with Crippen LogP contribution in [0.5, 0.6) is 0 Å². The molecule has 2 heterocycles. The monoisotopic (exact) mass is 457 g/mol. The van der Waals surface area contributed by atoms with Crippen LogP contribution in [0.25, 0.3) is 11.1 Å². The second-order valence-electron chi connectivity index (χ2n) is 8.10. The molecule has 1 saturated heterocycles. The summed E-state index contributed by atoms with van der Waals surface area (Å²) in [5.74, 6) is 0.736. The van der Waals surface area contributed by atoms with Crippen molar-refractivity contribution in [1.29, 1.82) is 0 Å². The Bertz CT molecular complexity index is 1200. The SMILES string of the molecule is CC(C)c1nc2cc(NC(=O)CCc3ccc(S(=O)(=O)N4CCOCC4)cc3)ccc2o1. The maximum absolute atomic E-state index is 12.7. The van der Waals surface area contributed by atoms with E-state index in [2.05, 4.69) is 10.3 Å². The molecule has 170 valence electrons. The lowest BCUT2D eigenvalue weighted by atomic mass is 10.1. The highest BCUT2D eigenvalue weighted by Crippen LogP contribution is 2.24. The van der Waals surface area contributed by atoms with E-state index in [1.165, 1.54) is 4.31 Å². The van der Waals surface area contributed by atoms with Crippen LogP contribution in [0.3, 0.4) is 0 Å². The van der Waals surface area contributed by atoms with Crippen LogP contribution in [0.1, 0.15) is 37.6 Å². The Kier molecular flexibility index (Phi) is 6.59. The fraction of sp³-hybridized carbons (Fsp3) is 0.391. The first-order valence-electron chi connectivity index (χ1n) is 10.7. The maximum atomic E-state index is 12.7. The van der Waals surface area contributed by atoms with Gasteiger partial charge in [-0.1, -0.05) is 26.0 Å². The molecule has 9 heteroatoms. The molecule has 0 radical (unpaired) electrons. The number of amides is 1. The summed E-state index contributed by atoms with van der Waals surface area (Å²) >= 11 is 0. The summed E-state index contributed by atoms with van der Waals surface area (Å²) in [6.45, 7) is 5.58. The zero-order valence-corrected chi connectivity index (χ0v) is 19.0. The van der Waals surface area contributed by atoms with E-state index in [1.54, 1.807) is 42.5 Å². The Morgan fingerprint density at radius 1 is 1.12 bits per heavy atom. The number of morpholine rings is 1. The highest BCUT2D eigenvalue weighted by molar-refractivity contribution is 7.89. The number of anilines is 1. The first-order chi connectivity index (χ1) is 15.3. The average molecular weight is 458 g/mol. The van der Waals surface area contributed by atoms with Crippen LogP contribution in [-0.2, 0) is 26.0 Å². The molecule has 0 atom stereocenters. The summed E-state index contributed by atoms with van der Waals surface area (Å²) in [5.41, 5.74) is 2.97. The van der Waals surface area contributed by atoms with E-state index in [4.69, 9.17) is 9.15 Å². The molecule has 0 saturated carbocycles. The molecular formula is C23H27N3O5S. The summed E-state index contributed by atoms with van der Waals surface area (Å²) in [4.78, 5) is 17.1. The third kappa shape index (κ3) is 5.01. The van der Waals surface area contributed by atoms with Crippen molar-refractivity contribution in [1.82, 2.24) is 9.29 Å². The molecule has 2 aromatic carbocycles. The number of carbonyl (C=O) groups excluding carboxylic acids is 1. The molecule has 1 aliphatic heterocycles. The minimum absolute atomic E-state index is 0.123. The van der Waals surface area contributed by atoms with Crippen LogP contribution in [0.15, 0.2) is 51.8 Å². The van der Waals surface area contributed by atoms with Crippen molar-refractivity contribution in [3.8, 4) is 0 Å². The van der Waals surface area contributed by atoms with Crippen LogP contribution < -0.4 is 5.32 Å². The minimum atomic E-state index is -3.51. The Balaban J connectivity index is 1.34. The van der Waals surface area contributed by atoms with Gasteiger partial charge in [-0.2, -0.15) is 4.31 Å². The Morgan fingerprint density at radius 3 is 2.53 bits per heavy atom. The van der Waals surface area contributed by atoms with Gasteiger partial charge in [0.15, 0.2) is 11.5 Å². The lowest BCUT2D eigenvalue weighted by Crippen LogP contribution is -2.40. The van der Waals surface area contributed by atoms with Gasteiger partial charge in [0, 0.05) is 31.1 Å². The van der Waals surface area contributed by atoms with E-state index >= 15 is 0 Å². The van der Waals surface area contributed by atoms with Crippen LogP contribution >= 0.6 is 0 Å². The molecule has 4 rings (SSSR count). The van der Waals surface area contributed by atoms with Crippen molar-refractivity contribution < 1.29 is 22.4 Å². The Hall–Kier alpha value is -2.75. The molecule has 1 N–H and O–H groups in total. The molecule has 0 aliphatic carbocycles. The predicted octanol–water partition coefficient (Wildman–Crippen LogP) is 3.54. The van der Waals surface area contributed by atoms with Crippen LogP contribution in [0.2, 0.25) is 0 Å². The lowest BCUT2D eigenvalue weighted by Gasteiger charge is -2.26. The number of oxazole rings is 1. The van der Waals surface area contributed by atoms with Crippen LogP contribution in [-0.4, -0.2) is 49.9 Å². The van der Waals surface area contributed by atoms with Crippen molar-refractivity contribution in [2.45, 2.75) is 37.5 Å². The molecule has 0 spiro atoms. The number of hydrogen-bond acceptors (Lipinski definition) is 6. The first-order valence-corrected chi connectivity index (χ1v) is 12.1. The fourth-order valence-corrected chi connectivity index (χ4v) is 4.92. The van der Waals surface area contributed by atoms with E-state index < -0.39 is 10.0 Å². The summed E-state index contributed by atoms with van der Waals surface area (Å²) in [6, 6.07) is 12.1. The predicted molar refractivity (Wildman–Crippen MR) is 121 cm³/mol. The molecule has 0 unspecified atom stereocenters. The number of nitrogens with one attached hydrogen (secondary N) is 1.